The number of benzene rings is 1. The Kier molecular flexibility index (Phi) is 9.65. The lowest BCUT2D eigenvalue weighted by atomic mass is 10.0. The van der Waals surface area contributed by atoms with Crippen molar-refractivity contribution in [2.45, 2.75) is 64.7 Å². The van der Waals surface area contributed by atoms with Gasteiger partial charge in [-0.2, -0.15) is 12.6 Å². The molecule has 0 radical (unpaired) electrons. The molecule has 1 nitrogen and oxygen atoms in total. The zero-order valence-corrected chi connectivity index (χ0v) is 14.0. The number of thiol groups is 1. The van der Waals surface area contributed by atoms with Crippen LogP contribution in [-0.2, 0) is 0 Å². The number of unbranched alkanes of at least 4 members (excludes halogenated alkanes) is 6. The zero-order chi connectivity index (χ0) is 14.6. The van der Waals surface area contributed by atoms with Gasteiger partial charge in [0.2, 0.25) is 0 Å². The first-order chi connectivity index (χ1) is 9.74. The second-order valence-electron chi connectivity index (χ2n) is 5.77. The van der Waals surface area contributed by atoms with E-state index in [1.165, 1.54) is 50.5 Å². The van der Waals surface area contributed by atoms with Crippen LogP contribution in [0.15, 0.2) is 24.3 Å². The molecule has 0 aliphatic heterocycles. The third-order valence-corrected chi connectivity index (χ3v) is 3.93. The molecule has 1 aromatic rings. The number of hydrogen-bond acceptors (Lipinski definition) is 2. The van der Waals surface area contributed by atoms with Crippen molar-refractivity contribution in [1.82, 2.24) is 0 Å². The van der Waals surface area contributed by atoms with Crippen LogP contribution in [0, 0.1) is 0 Å². The van der Waals surface area contributed by atoms with Crippen LogP contribution in [0.1, 0.15) is 70.3 Å². The molecule has 0 spiro atoms. The maximum absolute atomic E-state index is 5.78. The van der Waals surface area contributed by atoms with E-state index in [0.717, 1.165) is 18.1 Å². The van der Waals surface area contributed by atoms with Gasteiger partial charge in [0.1, 0.15) is 5.75 Å². The molecule has 114 valence electrons. The molecule has 2 heteroatoms. The largest absolute Gasteiger partial charge is 0.494 e. The minimum absolute atomic E-state index is 0.589. The molecule has 0 aliphatic carbocycles. The average Bonchev–Trinajstić information content (AvgIpc) is 2.46. The molecule has 20 heavy (non-hydrogen) atoms. The van der Waals surface area contributed by atoms with Crippen molar-refractivity contribution in [3.05, 3.63) is 29.8 Å². The van der Waals surface area contributed by atoms with E-state index in [1.807, 2.05) is 0 Å². The highest BCUT2D eigenvalue weighted by molar-refractivity contribution is 7.80. The molecule has 0 saturated carbocycles. The lowest BCUT2D eigenvalue weighted by Crippen LogP contribution is -1.97. The maximum atomic E-state index is 5.78. The number of hydrogen-bond donors (Lipinski definition) is 1. The van der Waals surface area contributed by atoms with E-state index in [4.69, 9.17) is 4.74 Å². The molecule has 0 N–H and O–H groups in total. The van der Waals surface area contributed by atoms with Crippen LogP contribution in [-0.4, -0.2) is 12.4 Å². The van der Waals surface area contributed by atoms with Crippen LogP contribution < -0.4 is 4.74 Å². The van der Waals surface area contributed by atoms with Crippen LogP contribution in [0.4, 0.5) is 0 Å². The fourth-order valence-electron chi connectivity index (χ4n) is 2.24. The van der Waals surface area contributed by atoms with E-state index in [9.17, 15) is 0 Å². The summed E-state index contributed by atoms with van der Waals surface area (Å²) in [7, 11) is 0. The standard InChI is InChI=1S/C18H30OS/c1-16(2)17-10-12-18(13-11-17)19-14-8-6-4-3-5-7-9-15-20/h10-13,16,20H,3-9,14-15H2,1-2H3. The lowest BCUT2D eigenvalue weighted by Gasteiger charge is -2.09. The quantitative estimate of drug-likeness (QED) is 0.398. The van der Waals surface area contributed by atoms with Gasteiger partial charge in [-0.15, -0.1) is 0 Å². The first-order valence-electron chi connectivity index (χ1n) is 8.07. The van der Waals surface area contributed by atoms with Crippen molar-refractivity contribution in [3.8, 4) is 5.75 Å². The molecular weight excluding hydrogens is 264 g/mol. The lowest BCUT2D eigenvalue weighted by molar-refractivity contribution is 0.304. The average molecular weight is 295 g/mol. The molecular formula is C18H30OS. The summed E-state index contributed by atoms with van der Waals surface area (Å²) in [6.45, 7) is 5.27. The summed E-state index contributed by atoms with van der Waals surface area (Å²) in [5.74, 6) is 2.62. The Morgan fingerprint density at radius 2 is 1.40 bits per heavy atom. The van der Waals surface area contributed by atoms with Gasteiger partial charge >= 0.3 is 0 Å². The molecule has 0 fully saturated rings. The number of ether oxygens (including phenoxy) is 1. The molecule has 0 amide bonds. The third kappa shape index (κ3) is 7.84. The monoisotopic (exact) mass is 294 g/mol. The van der Waals surface area contributed by atoms with Gasteiger partial charge in [0.25, 0.3) is 0 Å². The van der Waals surface area contributed by atoms with E-state index < -0.39 is 0 Å². The van der Waals surface area contributed by atoms with Crippen LogP contribution in [0.2, 0.25) is 0 Å². The summed E-state index contributed by atoms with van der Waals surface area (Å²) >= 11 is 4.23. The highest BCUT2D eigenvalue weighted by Crippen LogP contribution is 2.18. The fraction of sp³-hybridized carbons (Fsp3) is 0.667. The maximum Gasteiger partial charge on any atom is 0.119 e. The summed E-state index contributed by atoms with van der Waals surface area (Å²) in [4.78, 5) is 0. The van der Waals surface area contributed by atoms with Crippen LogP contribution in [0.3, 0.4) is 0 Å². The summed E-state index contributed by atoms with van der Waals surface area (Å²) < 4.78 is 5.78. The Morgan fingerprint density at radius 1 is 0.850 bits per heavy atom. The smallest absolute Gasteiger partial charge is 0.119 e. The minimum Gasteiger partial charge on any atom is -0.494 e. The first-order valence-corrected chi connectivity index (χ1v) is 8.71. The molecule has 0 aliphatic rings. The second-order valence-corrected chi connectivity index (χ2v) is 6.22. The van der Waals surface area contributed by atoms with Crippen LogP contribution in [0.5, 0.6) is 5.75 Å². The van der Waals surface area contributed by atoms with Crippen molar-refractivity contribution in [2.24, 2.45) is 0 Å². The third-order valence-electron chi connectivity index (χ3n) is 3.62. The fourth-order valence-corrected chi connectivity index (χ4v) is 2.46. The van der Waals surface area contributed by atoms with Crippen LogP contribution in [0.25, 0.3) is 0 Å². The molecule has 0 saturated heterocycles. The van der Waals surface area contributed by atoms with Crippen molar-refractivity contribution in [2.75, 3.05) is 12.4 Å². The van der Waals surface area contributed by atoms with Crippen molar-refractivity contribution in [1.29, 1.82) is 0 Å². The van der Waals surface area contributed by atoms with Crippen molar-refractivity contribution >= 4 is 12.6 Å². The Bertz CT molecular complexity index is 332. The van der Waals surface area contributed by atoms with Gasteiger partial charge in [-0.25, -0.2) is 0 Å². The van der Waals surface area contributed by atoms with Gasteiger partial charge in [0.15, 0.2) is 0 Å². The van der Waals surface area contributed by atoms with Gasteiger partial charge in [0.05, 0.1) is 6.61 Å². The Morgan fingerprint density at radius 3 is 1.95 bits per heavy atom. The van der Waals surface area contributed by atoms with E-state index >= 15 is 0 Å². The summed E-state index contributed by atoms with van der Waals surface area (Å²) in [6, 6.07) is 8.52. The normalized spacial score (nSPS) is 11.0. The molecule has 0 heterocycles. The highest BCUT2D eigenvalue weighted by Gasteiger charge is 1.99. The molecule has 0 unspecified atom stereocenters. The molecule has 1 aromatic carbocycles. The second kappa shape index (κ2) is 11.1. The van der Waals surface area contributed by atoms with E-state index in [0.29, 0.717) is 5.92 Å². The van der Waals surface area contributed by atoms with Gasteiger partial charge in [-0.05, 0) is 42.2 Å². The number of rotatable bonds is 11. The van der Waals surface area contributed by atoms with E-state index in [1.54, 1.807) is 0 Å². The predicted molar refractivity (Wildman–Crippen MR) is 92.2 cm³/mol. The van der Waals surface area contributed by atoms with E-state index in [2.05, 4.69) is 50.7 Å². The van der Waals surface area contributed by atoms with Gasteiger partial charge < -0.3 is 4.74 Å². The van der Waals surface area contributed by atoms with Gasteiger partial charge in [-0.1, -0.05) is 58.1 Å². The first kappa shape index (κ1) is 17.4. The van der Waals surface area contributed by atoms with Crippen LogP contribution >= 0.6 is 12.6 Å². The Hall–Kier alpha value is -0.630. The van der Waals surface area contributed by atoms with Gasteiger partial charge in [-0.3, -0.25) is 0 Å². The SMILES string of the molecule is CC(C)c1ccc(OCCCCCCCCCS)cc1. The summed E-state index contributed by atoms with van der Waals surface area (Å²) in [6.07, 6.45) is 9.10. The zero-order valence-electron chi connectivity index (χ0n) is 13.1. The summed E-state index contributed by atoms with van der Waals surface area (Å²) in [5, 5.41) is 0. The molecule has 0 bridgehead atoms. The van der Waals surface area contributed by atoms with E-state index in [-0.39, 0.29) is 0 Å². The minimum atomic E-state index is 0.589. The summed E-state index contributed by atoms with van der Waals surface area (Å²) in [5.41, 5.74) is 1.37. The highest BCUT2D eigenvalue weighted by atomic mass is 32.1. The Labute approximate surface area is 130 Å². The van der Waals surface area contributed by atoms with Crippen molar-refractivity contribution in [3.63, 3.8) is 0 Å². The van der Waals surface area contributed by atoms with Crippen molar-refractivity contribution < 1.29 is 4.74 Å². The Balaban J connectivity index is 2.01. The molecule has 1 rings (SSSR count). The topological polar surface area (TPSA) is 9.23 Å². The molecule has 0 atom stereocenters. The van der Waals surface area contributed by atoms with Gasteiger partial charge in [0, 0.05) is 0 Å². The molecule has 0 aromatic heterocycles. The predicted octanol–water partition coefficient (Wildman–Crippen LogP) is 5.85.